The van der Waals surface area contributed by atoms with Crippen LogP contribution in [0.3, 0.4) is 0 Å². The Bertz CT molecular complexity index is 736. The summed E-state index contributed by atoms with van der Waals surface area (Å²) < 4.78 is 28.2. The average molecular weight is 511 g/mol. The molecule has 0 unspecified atom stereocenters. The van der Waals surface area contributed by atoms with E-state index in [9.17, 15) is 13.2 Å². The molecular weight excluding hydrogens is 481 g/mol. The minimum Gasteiger partial charge on any atom is -0.466 e. The van der Waals surface area contributed by atoms with Crippen molar-refractivity contribution in [2.45, 2.75) is 45.1 Å². The van der Waals surface area contributed by atoms with E-state index in [2.05, 4.69) is 15.6 Å². The molecule has 2 N–H and O–H groups in total. The van der Waals surface area contributed by atoms with Crippen molar-refractivity contribution in [1.82, 2.24) is 10.6 Å². The van der Waals surface area contributed by atoms with E-state index in [0.717, 1.165) is 12.1 Å². The van der Waals surface area contributed by atoms with Gasteiger partial charge in [-0.2, -0.15) is 0 Å². The third-order valence-electron chi connectivity index (χ3n) is 3.56. The van der Waals surface area contributed by atoms with Gasteiger partial charge in [0, 0.05) is 25.8 Å². The van der Waals surface area contributed by atoms with Crippen molar-refractivity contribution >= 4 is 45.7 Å². The molecule has 154 valence electrons. The molecule has 0 spiro atoms. The van der Waals surface area contributed by atoms with Crippen molar-refractivity contribution in [2.75, 3.05) is 26.0 Å². The molecule has 0 aliphatic carbocycles. The summed E-state index contributed by atoms with van der Waals surface area (Å²) in [4.78, 5) is 16.2. The lowest BCUT2D eigenvalue weighted by molar-refractivity contribution is -0.143. The van der Waals surface area contributed by atoms with Crippen LogP contribution in [0.5, 0.6) is 0 Å². The Hall–Kier alpha value is -1.36. The highest BCUT2D eigenvalue weighted by molar-refractivity contribution is 14.0. The molecule has 0 heterocycles. The van der Waals surface area contributed by atoms with Crippen LogP contribution in [-0.4, -0.2) is 46.3 Å². The van der Waals surface area contributed by atoms with E-state index in [1.807, 2.05) is 13.0 Å². The van der Waals surface area contributed by atoms with Crippen molar-refractivity contribution in [1.29, 1.82) is 0 Å². The zero-order valence-electron chi connectivity index (χ0n) is 16.4. The van der Waals surface area contributed by atoms with Crippen molar-refractivity contribution < 1.29 is 17.9 Å². The Kier molecular flexibility index (Phi) is 12.3. The number of hydrogen-bond donors (Lipinski definition) is 2. The third kappa shape index (κ3) is 9.94. The molecule has 1 aromatic carbocycles. The van der Waals surface area contributed by atoms with E-state index in [1.165, 1.54) is 6.26 Å². The van der Waals surface area contributed by atoms with Crippen molar-refractivity contribution in [3.8, 4) is 0 Å². The van der Waals surface area contributed by atoms with Gasteiger partial charge in [-0.25, -0.2) is 13.4 Å². The van der Waals surface area contributed by atoms with Crippen molar-refractivity contribution in [3.05, 3.63) is 29.3 Å². The third-order valence-corrected chi connectivity index (χ3v) is 4.82. The highest BCUT2D eigenvalue weighted by atomic mass is 127. The van der Waals surface area contributed by atoms with Crippen LogP contribution < -0.4 is 10.6 Å². The van der Waals surface area contributed by atoms with E-state index < -0.39 is 9.84 Å². The molecule has 7 nitrogen and oxygen atoms in total. The van der Waals surface area contributed by atoms with Crippen molar-refractivity contribution in [3.63, 3.8) is 0 Å². The number of aryl methyl sites for hydroxylation is 1. The second kappa shape index (κ2) is 12.9. The molecule has 0 atom stereocenters. The van der Waals surface area contributed by atoms with Gasteiger partial charge in [-0.1, -0.05) is 12.1 Å². The van der Waals surface area contributed by atoms with Crippen LogP contribution in [0.15, 0.2) is 28.1 Å². The van der Waals surface area contributed by atoms with Crippen LogP contribution in [0.2, 0.25) is 0 Å². The van der Waals surface area contributed by atoms with Gasteiger partial charge in [0.25, 0.3) is 0 Å². The summed E-state index contributed by atoms with van der Waals surface area (Å²) in [7, 11) is -3.21. The predicted molar refractivity (Wildman–Crippen MR) is 118 cm³/mol. The molecule has 0 bridgehead atoms. The number of nitrogens with one attached hydrogen (secondary N) is 2. The second-order valence-electron chi connectivity index (χ2n) is 5.90. The van der Waals surface area contributed by atoms with E-state index in [1.54, 1.807) is 26.0 Å². The Labute approximate surface area is 179 Å². The summed E-state index contributed by atoms with van der Waals surface area (Å²) in [6.45, 7) is 7.69. The molecule has 0 fully saturated rings. The molecule has 27 heavy (non-hydrogen) atoms. The highest BCUT2D eigenvalue weighted by Gasteiger charge is 2.10. The Morgan fingerprint density at radius 2 is 1.93 bits per heavy atom. The summed E-state index contributed by atoms with van der Waals surface area (Å²) in [5.74, 6) is 0.457. The van der Waals surface area contributed by atoms with Crippen LogP contribution in [0, 0.1) is 6.92 Å². The first-order valence-corrected chi connectivity index (χ1v) is 10.6. The van der Waals surface area contributed by atoms with E-state index in [4.69, 9.17) is 4.74 Å². The molecule has 0 aromatic heterocycles. The number of esters is 1. The van der Waals surface area contributed by atoms with Gasteiger partial charge in [-0.15, -0.1) is 24.0 Å². The smallest absolute Gasteiger partial charge is 0.305 e. The van der Waals surface area contributed by atoms with Gasteiger partial charge in [0.15, 0.2) is 15.8 Å². The fourth-order valence-electron chi connectivity index (χ4n) is 2.41. The van der Waals surface area contributed by atoms with Gasteiger partial charge < -0.3 is 15.4 Å². The quantitative estimate of drug-likeness (QED) is 0.174. The highest BCUT2D eigenvalue weighted by Crippen LogP contribution is 2.17. The van der Waals surface area contributed by atoms with Crippen molar-refractivity contribution in [2.24, 2.45) is 4.99 Å². The lowest BCUT2D eigenvalue weighted by atomic mass is 10.1. The van der Waals surface area contributed by atoms with Crippen LogP contribution >= 0.6 is 24.0 Å². The van der Waals surface area contributed by atoms with Gasteiger partial charge >= 0.3 is 5.97 Å². The number of rotatable bonds is 9. The van der Waals surface area contributed by atoms with Gasteiger partial charge in [-0.05, 0) is 44.4 Å². The number of halogens is 1. The van der Waals surface area contributed by atoms with Crippen LogP contribution in [0.1, 0.15) is 37.8 Å². The second-order valence-corrected chi connectivity index (χ2v) is 7.89. The summed E-state index contributed by atoms with van der Waals surface area (Å²) in [5, 5.41) is 6.32. The number of guanidine groups is 1. The number of aliphatic imine (C=N–C) groups is 1. The number of nitrogens with zero attached hydrogens (tertiary/aromatic N) is 1. The predicted octanol–water partition coefficient (Wildman–Crippen LogP) is 2.41. The molecule has 0 amide bonds. The number of hydrogen-bond acceptors (Lipinski definition) is 5. The summed E-state index contributed by atoms with van der Waals surface area (Å²) in [5.41, 5.74) is 1.64. The molecule has 9 heteroatoms. The SMILES string of the molecule is CCNC(=NCc1ccc(S(C)(=O)=O)c(C)c1)NCCCC(=O)OCC.I. The fraction of sp³-hybridized carbons (Fsp3) is 0.556. The number of carbonyl (C=O) groups is 1. The molecule has 0 aliphatic rings. The monoisotopic (exact) mass is 511 g/mol. The zero-order chi connectivity index (χ0) is 19.6. The topological polar surface area (TPSA) is 96.9 Å². The first-order chi connectivity index (χ1) is 12.3. The van der Waals surface area contributed by atoms with Crippen LogP contribution in [0.25, 0.3) is 0 Å². The normalized spacial score (nSPS) is 11.5. The van der Waals surface area contributed by atoms with Gasteiger partial charge in [0.05, 0.1) is 18.0 Å². The molecule has 1 rings (SSSR count). The van der Waals surface area contributed by atoms with E-state index in [0.29, 0.717) is 49.0 Å². The molecule has 0 radical (unpaired) electrons. The summed E-state index contributed by atoms with van der Waals surface area (Å²) in [6.07, 6.45) is 2.23. The number of carbonyl (C=O) groups excluding carboxylic acids is 1. The largest absolute Gasteiger partial charge is 0.466 e. The first-order valence-electron chi connectivity index (χ1n) is 8.75. The molecule has 0 saturated heterocycles. The molecule has 0 aliphatic heterocycles. The fourth-order valence-corrected chi connectivity index (χ4v) is 3.37. The van der Waals surface area contributed by atoms with Crippen LogP contribution in [-0.2, 0) is 25.9 Å². The standard InChI is InChI=1S/C18H29N3O4S.HI/c1-5-19-18(20-11-7-8-17(22)25-6-2)21-13-15-9-10-16(14(3)12-15)26(4,23)24;/h9-10,12H,5-8,11,13H2,1-4H3,(H2,19,20,21);1H. The minimum atomic E-state index is -3.21. The molecular formula is C18H30IN3O4S. The maximum Gasteiger partial charge on any atom is 0.305 e. The Balaban J connectivity index is 0.00000676. The minimum absolute atomic E-state index is 0. The maximum absolute atomic E-state index is 11.7. The zero-order valence-corrected chi connectivity index (χ0v) is 19.5. The summed E-state index contributed by atoms with van der Waals surface area (Å²) in [6, 6.07) is 5.23. The lowest BCUT2D eigenvalue weighted by Gasteiger charge is -2.11. The Morgan fingerprint density at radius 3 is 2.48 bits per heavy atom. The molecule has 0 saturated carbocycles. The maximum atomic E-state index is 11.7. The number of sulfone groups is 1. The molecule has 1 aromatic rings. The number of ether oxygens (including phenoxy) is 1. The van der Waals surface area contributed by atoms with Gasteiger partial charge in [-0.3, -0.25) is 4.79 Å². The van der Waals surface area contributed by atoms with Crippen LogP contribution in [0.4, 0.5) is 0 Å². The van der Waals surface area contributed by atoms with Gasteiger partial charge in [0.1, 0.15) is 0 Å². The van der Waals surface area contributed by atoms with E-state index >= 15 is 0 Å². The first kappa shape index (κ1) is 25.6. The average Bonchev–Trinajstić information content (AvgIpc) is 2.55. The number of benzene rings is 1. The van der Waals surface area contributed by atoms with Gasteiger partial charge in [0.2, 0.25) is 0 Å². The lowest BCUT2D eigenvalue weighted by Crippen LogP contribution is -2.37. The Morgan fingerprint density at radius 1 is 1.22 bits per heavy atom. The summed E-state index contributed by atoms with van der Waals surface area (Å²) >= 11 is 0. The van der Waals surface area contributed by atoms with E-state index in [-0.39, 0.29) is 29.9 Å².